The van der Waals surface area contributed by atoms with Gasteiger partial charge in [-0.15, -0.1) is 0 Å². The molecule has 0 bridgehead atoms. The van der Waals surface area contributed by atoms with E-state index >= 15 is 0 Å². The maximum absolute atomic E-state index is 7.03. The molecule has 0 aliphatic rings. The maximum Gasteiger partial charge on any atom is 0.0627 e. The lowest BCUT2D eigenvalue weighted by atomic mass is 9.65. The van der Waals surface area contributed by atoms with E-state index in [1.807, 2.05) is 0 Å². The average Bonchev–Trinajstić information content (AvgIpc) is 2.39. The molecule has 0 spiro atoms. The average molecular weight is 439 g/mol. The van der Waals surface area contributed by atoms with Crippen molar-refractivity contribution >= 4 is 0 Å². The Morgan fingerprint density at radius 2 is 0.710 bits per heavy atom. The van der Waals surface area contributed by atoms with Crippen molar-refractivity contribution in [2.45, 2.75) is 162 Å². The molecule has 0 aromatic heterocycles. The van der Waals surface area contributed by atoms with Crippen LogP contribution in [0.4, 0.5) is 0 Å². The molecule has 0 aliphatic carbocycles. The van der Waals surface area contributed by atoms with Crippen molar-refractivity contribution in [3.05, 3.63) is 0 Å². The number of rotatable bonds is 12. The van der Waals surface area contributed by atoms with Gasteiger partial charge in [0.2, 0.25) is 0 Å². The minimum absolute atomic E-state index is 0.161. The van der Waals surface area contributed by atoms with Crippen molar-refractivity contribution in [2.75, 3.05) is 0 Å². The third-order valence-corrected chi connectivity index (χ3v) is 6.70. The van der Waals surface area contributed by atoms with Crippen LogP contribution in [0.2, 0.25) is 0 Å². The molecule has 0 N–H and O–H groups in total. The van der Waals surface area contributed by atoms with Gasteiger partial charge in [0, 0.05) is 0 Å². The Kier molecular flexibility index (Phi) is 10.5. The summed E-state index contributed by atoms with van der Waals surface area (Å²) in [6.45, 7) is 38.4. The summed E-state index contributed by atoms with van der Waals surface area (Å²) in [6.07, 6.45) is 7.62. The van der Waals surface area contributed by atoms with Crippen molar-refractivity contribution in [1.29, 1.82) is 0 Å². The third kappa shape index (κ3) is 12.1. The van der Waals surface area contributed by atoms with E-state index in [0.717, 1.165) is 12.8 Å². The lowest BCUT2D eigenvalue weighted by Crippen LogP contribution is -2.44. The first-order valence-corrected chi connectivity index (χ1v) is 13.1. The minimum Gasteiger partial charge on any atom is -0.374 e. The topological polar surface area (TPSA) is 9.23 Å². The van der Waals surface area contributed by atoms with Crippen LogP contribution in [0.3, 0.4) is 0 Å². The van der Waals surface area contributed by atoms with Crippen molar-refractivity contribution < 1.29 is 4.74 Å². The number of hydrogen-bond acceptors (Lipinski definition) is 1. The standard InChI is InChI=1S/C30H62O/c1-17-23(29(13,14)21-27(9,10)19-25(3,4)5)31-24(18-2)30(15,16)22-28(11,12)20-26(6,7)8/h23-24H,17-22H2,1-16H3. The first-order chi connectivity index (χ1) is 13.5. The molecule has 0 heterocycles. The van der Waals surface area contributed by atoms with E-state index in [0.29, 0.717) is 33.9 Å². The van der Waals surface area contributed by atoms with E-state index in [2.05, 4.69) is 111 Å². The molecule has 0 amide bonds. The molecule has 0 aromatic carbocycles. The molecular formula is C30H62O. The van der Waals surface area contributed by atoms with Gasteiger partial charge in [0.1, 0.15) is 0 Å². The molecule has 0 fully saturated rings. The first-order valence-electron chi connectivity index (χ1n) is 13.1. The highest BCUT2D eigenvalue weighted by Crippen LogP contribution is 2.48. The van der Waals surface area contributed by atoms with Crippen molar-refractivity contribution in [2.24, 2.45) is 32.5 Å². The van der Waals surface area contributed by atoms with Crippen LogP contribution in [0.5, 0.6) is 0 Å². The van der Waals surface area contributed by atoms with Crippen molar-refractivity contribution in [3.63, 3.8) is 0 Å². The Morgan fingerprint density at radius 3 is 0.903 bits per heavy atom. The Hall–Kier alpha value is -0.0400. The van der Waals surface area contributed by atoms with Gasteiger partial charge in [-0.1, -0.05) is 111 Å². The highest BCUT2D eigenvalue weighted by molar-refractivity contribution is 4.91. The zero-order valence-electron chi connectivity index (χ0n) is 24.8. The molecule has 0 saturated heterocycles. The molecule has 188 valence electrons. The fourth-order valence-corrected chi connectivity index (χ4v) is 7.56. The summed E-state index contributed by atoms with van der Waals surface area (Å²) in [5.41, 5.74) is 1.65. The van der Waals surface area contributed by atoms with Gasteiger partial charge in [-0.25, -0.2) is 0 Å². The molecule has 1 heteroatoms. The van der Waals surface area contributed by atoms with Crippen molar-refractivity contribution in [1.82, 2.24) is 0 Å². The molecular weight excluding hydrogens is 376 g/mol. The van der Waals surface area contributed by atoms with E-state index in [1.54, 1.807) is 0 Å². The van der Waals surface area contributed by atoms with Crippen LogP contribution in [0.15, 0.2) is 0 Å². The SMILES string of the molecule is CCC(OC(CC)C(C)(C)CC(C)(C)CC(C)(C)C)C(C)(C)CC(C)(C)CC(C)(C)C. The second-order valence-electron chi connectivity index (χ2n) is 16.1. The van der Waals surface area contributed by atoms with Crippen LogP contribution in [0.25, 0.3) is 0 Å². The molecule has 1 nitrogen and oxygen atoms in total. The summed E-state index contributed by atoms with van der Waals surface area (Å²) in [5.74, 6) is 0. The quantitative estimate of drug-likeness (QED) is 0.294. The first kappa shape index (κ1) is 31.0. The van der Waals surface area contributed by atoms with Crippen LogP contribution < -0.4 is 0 Å². The van der Waals surface area contributed by atoms with Gasteiger partial charge in [-0.2, -0.15) is 0 Å². The van der Waals surface area contributed by atoms with E-state index in [1.165, 1.54) is 25.7 Å². The second kappa shape index (κ2) is 10.5. The lowest BCUT2D eigenvalue weighted by molar-refractivity contribution is -0.134. The maximum atomic E-state index is 7.03. The Balaban J connectivity index is 5.51. The summed E-state index contributed by atoms with van der Waals surface area (Å²) in [5, 5.41) is 0. The summed E-state index contributed by atoms with van der Waals surface area (Å²) in [4.78, 5) is 0. The van der Waals surface area contributed by atoms with E-state index in [-0.39, 0.29) is 10.8 Å². The van der Waals surface area contributed by atoms with Gasteiger partial charge in [0.15, 0.2) is 0 Å². The summed E-state index contributed by atoms with van der Waals surface area (Å²) in [6, 6.07) is 0. The Morgan fingerprint density at radius 1 is 0.452 bits per heavy atom. The van der Waals surface area contributed by atoms with Crippen LogP contribution >= 0.6 is 0 Å². The predicted octanol–water partition coefficient (Wildman–Crippen LogP) is 10.3. The predicted molar refractivity (Wildman–Crippen MR) is 142 cm³/mol. The Labute approximate surface area is 198 Å². The molecule has 2 atom stereocenters. The number of hydrogen-bond donors (Lipinski definition) is 0. The van der Waals surface area contributed by atoms with Gasteiger partial charge in [-0.05, 0) is 71.0 Å². The van der Waals surface area contributed by atoms with Crippen LogP contribution in [0.1, 0.15) is 149 Å². The summed E-state index contributed by atoms with van der Waals surface area (Å²) in [7, 11) is 0. The van der Waals surface area contributed by atoms with Gasteiger partial charge < -0.3 is 4.74 Å². The summed E-state index contributed by atoms with van der Waals surface area (Å²) >= 11 is 0. The van der Waals surface area contributed by atoms with E-state index in [4.69, 9.17) is 4.74 Å². The Bertz CT molecular complexity index is 474. The molecule has 0 saturated carbocycles. The molecule has 0 aliphatic heterocycles. The fraction of sp³-hybridized carbons (Fsp3) is 1.00. The molecule has 2 unspecified atom stereocenters. The smallest absolute Gasteiger partial charge is 0.0627 e. The second-order valence-corrected chi connectivity index (χ2v) is 16.1. The van der Waals surface area contributed by atoms with Gasteiger partial charge in [0.25, 0.3) is 0 Å². The largest absolute Gasteiger partial charge is 0.374 e. The normalized spacial score (nSPS) is 17.0. The summed E-state index contributed by atoms with van der Waals surface area (Å²) < 4.78 is 7.03. The minimum atomic E-state index is 0.161. The highest BCUT2D eigenvalue weighted by Gasteiger charge is 2.42. The van der Waals surface area contributed by atoms with E-state index < -0.39 is 0 Å². The zero-order chi connectivity index (χ0) is 25.1. The van der Waals surface area contributed by atoms with E-state index in [9.17, 15) is 0 Å². The number of ether oxygens (including phenoxy) is 1. The monoisotopic (exact) mass is 438 g/mol. The lowest BCUT2D eigenvalue weighted by Gasteiger charge is -2.47. The third-order valence-electron chi connectivity index (χ3n) is 6.70. The van der Waals surface area contributed by atoms with Gasteiger partial charge in [0.05, 0.1) is 12.2 Å². The van der Waals surface area contributed by atoms with Crippen LogP contribution in [-0.4, -0.2) is 12.2 Å². The molecule has 0 radical (unpaired) electrons. The van der Waals surface area contributed by atoms with Crippen LogP contribution in [0, 0.1) is 32.5 Å². The highest BCUT2D eigenvalue weighted by atomic mass is 16.5. The molecule has 31 heavy (non-hydrogen) atoms. The van der Waals surface area contributed by atoms with Crippen LogP contribution in [-0.2, 0) is 4.74 Å². The van der Waals surface area contributed by atoms with Gasteiger partial charge in [-0.3, -0.25) is 0 Å². The van der Waals surface area contributed by atoms with Gasteiger partial charge >= 0.3 is 0 Å². The van der Waals surface area contributed by atoms with Crippen molar-refractivity contribution in [3.8, 4) is 0 Å². The molecule has 0 rings (SSSR count). The fourth-order valence-electron chi connectivity index (χ4n) is 7.56. The zero-order valence-corrected chi connectivity index (χ0v) is 24.8. The molecule has 0 aromatic rings.